The van der Waals surface area contributed by atoms with Gasteiger partial charge in [0.2, 0.25) is 0 Å². The molecular formula is C8H11N. The van der Waals surface area contributed by atoms with Crippen molar-refractivity contribution in [3.05, 3.63) is 0 Å². The van der Waals surface area contributed by atoms with E-state index in [0.29, 0.717) is 5.92 Å². The predicted octanol–water partition coefficient (Wildman–Crippen LogP) is 1.95. The maximum atomic E-state index is 8.64. The van der Waals surface area contributed by atoms with Gasteiger partial charge in [-0.05, 0) is 31.1 Å². The quantitative estimate of drug-likeness (QED) is 0.480. The van der Waals surface area contributed by atoms with Gasteiger partial charge < -0.3 is 0 Å². The van der Waals surface area contributed by atoms with E-state index in [1.54, 1.807) is 0 Å². The van der Waals surface area contributed by atoms with Gasteiger partial charge in [0, 0.05) is 5.92 Å². The summed E-state index contributed by atoms with van der Waals surface area (Å²) in [5, 5.41) is 8.64. The van der Waals surface area contributed by atoms with E-state index in [0.717, 1.165) is 11.8 Å². The molecule has 0 amide bonds. The van der Waals surface area contributed by atoms with Gasteiger partial charge in [0.1, 0.15) is 0 Å². The number of hydrogen-bond acceptors (Lipinski definition) is 1. The van der Waals surface area contributed by atoms with Crippen LogP contribution >= 0.6 is 0 Å². The summed E-state index contributed by atoms with van der Waals surface area (Å²) in [4.78, 5) is 0. The standard InChI is InChI=1S/C8H11N/c9-5-8-4-6-1-2-7(8)3-6/h6-8H,1-4H2. The molecule has 2 bridgehead atoms. The summed E-state index contributed by atoms with van der Waals surface area (Å²) in [5.74, 6) is 2.16. The van der Waals surface area contributed by atoms with Crippen LogP contribution < -0.4 is 0 Å². The molecule has 0 aliphatic heterocycles. The van der Waals surface area contributed by atoms with Crippen LogP contribution in [0.4, 0.5) is 0 Å². The van der Waals surface area contributed by atoms with Crippen LogP contribution in [-0.4, -0.2) is 0 Å². The summed E-state index contributed by atoms with van der Waals surface area (Å²) < 4.78 is 0. The van der Waals surface area contributed by atoms with Gasteiger partial charge in [0.15, 0.2) is 0 Å². The molecule has 1 nitrogen and oxygen atoms in total. The molecule has 0 aromatic carbocycles. The van der Waals surface area contributed by atoms with Crippen LogP contribution in [0.25, 0.3) is 0 Å². The molecule has 2 fully saturated rings. The second-order valence-corrected chi connectivity index (χ2v) is 3.41. The summed E-state index contributed by atoms with van der Waals surface area (Å²) in [6.45, 7) is 0. The highest BCUT2D eigenvalue weighted by atomic mass is 14.4. The number of hydrogen-bond donors (Lipinski definition) is 0. The molecule has 2 aliphatic carbocycles. The van der Waals surface area contributed by atoms with Gasteiger partial charge in [-0.25, -0.2) is 0 Å². The van der Waals surface area contributed by atoms with Crippen LogP contribution in [0.2, 0.25) is 0 Å². The Morgan fingerprint density at radius 2 is 2.11 bits per heavy atom. The molecule has 0 heterocycles. The first-order valence-corrected chi connectivity index (χ1v) is 3.80. The Kier molecular flexibility index (Phi) is 1.02. The Labute approximate surface area is 55.7 Å². The van der Waals surface area contributed by atoms with Gasteiger partial charge in [-0.1, -0.05) is 6.42 Å². The SMILES string of the molecule is N#CC1CC2CCC1C2. The zero-order valence-electron chi connectivity index (χ0n) is 5.51. The first-order valence-electron chi connectivity index (χ1n) is 3.80. The summed E-state index contributed by atoms with van der Waals surface area (Å²) >= 11 is 0. The third-order valence-corrected chi connectivity index (χ3v) is 2.90. The molecule has 0 radical (unpaired) electrons. The zero-order chi connectivity index (χ0) is 6.27. The number of rotatable bonds is 0. The molecule has 0 aromatic heterocycles. The first kappa shape index (κ1) is 5.29. The minimum Gasteiger partial charge on any atom is -0.198 e. The van der Waals surface area contributed by atoms with Crippen LogP contribution in [0.3, 0.4) is 0 Å². The Hall–Kier alpha value is -0.510. The highest BCUT2D eigenvalue weighted by molar-refractivity contribution is 4.99. The zero-order valence-corrected chi connectivity index (χ0v) is 5.51. The van der Waals surface area contributed by atoms with Crippen molar-refractivity contribution in [3.63, 3.8) is 0 Å². The predicted molar refractivity (Wildman–Crippen MR) is 34.6 cm³/mol. The van der Waals surface area contributed by atoms with Crippen LogP contribution in [0, 0.1) is 29.1 Å². The lowest BCUT2D eigenvalue weighted by Crippen LogP contribution is -2.06. The average molecular weight is 121 g/mol. The smallest absolute Gasteiger partial charge is 0.0658 e. The summed E-state index contributed by atoms with van der Waals surface area (Å²) in [6, 6.07) is 2.40. The molecule has 2 saturated carbocycles. The van der Waals surface area contributed by atoms with Crippen molar-refractivity contribution >= 4 is 0 Å². The maximum absolute atomic E-state index is 8.64. The van der Waals surface area contributed by atoms with Crippen molar-refractivity contribution in [1.29, 1.82) is 5.26 Å². The minimum atomic E-state index is 0.434. The van der Waals surface area contributed by atoms with E-state index in [9.17, 15) is 0 Å². The third-order valence-electron chi connectivity index (χ3n) is 2.90. The summed E-state index contributed by atoms with van der Waals surface area (Å²) in [6.07, 6.45) is 5.31. The first-order chi connectivity index (χ1) is 4.40. The van der Waals surface area contributed by atoms with Crippen LogP contribution in [-0.2, 0) is 0 Å². The third kappa shape index (κ3) is 0.660. The van der Waals surface area contributed by atoms with Crippen LogP contribution in [0.5, 0.6) is 0 Å². The van der Waals surface area contributed by atoms with Crippen molar-refractivity contribution < 1.29 is 0 Å². The van der Waals surface area contributed by atoms with Crippen molar-refractivity contribution in [1.82, 2.24) is 0 Å². The number of nitrogens with zero attached hydrogens (tertiary/aromatic N) is 1. The van der Waals surface area contributed by atoms with Gasteiger partial charge >= 0.3 is 0 Å². The Bertz CT molecular complexity index is 156. The van der Waals surface area contributed by atoms with Gasteiger partial charge in [-0.3, -0.25) is 0 Å². The van der Waals surface area contributed by atoms with Gasteiger partial charge in [0.25, 0.3) is 0 Å². The molecule has 0 aromatic rings. The van der Waals surface area contributed by atoms with E-state index in [4.69, 9.17) is 5.26 Å². The fraction of sp³-hybridized carbons (Fsp3) is 0.875. The Morgan fingerprint density at radius 3 is 2.44 bits per heavy atom. The second kappa shape index (κ2) is 1.73. The fourth-order valence-corrected chi connectivity index (χ4v) is 2.40. The van der Waals surface area contributed by atoms with E-state index in [1.807, 2.05) is 0 Å². The average Bonchev–Trinajstić information content (AvgIpc) is 2.45. The van der Waals surface area contributed by atoms with Crippen molar-refractivity contribution in [2.24, 2.45) is 17.8 Å². The number of nitriles is 1. The fourth-order valence-electron chi connectivity index (χ4n) is 2.40. The monoisotopic (exact) mass is 121 g/mol. The van der Waals surface area contributed by atoms with Gasteiger partial charge in [-0.15, -0.1) is 0 Å². The molecule has 3 atom stereocenters. The molecule has 48 valence electrons. The van der Waals surface area contributed by atoms with Crippen molar-refractivity contribution in [2.75, 3.05) is 0 Å². The van der Waals surface area contributed by atoms with Crippen LogP contribution in [0.15, 0.2) is 0 Å². The molecule has 9 heavy (non-hydrogen) atoms. The highest BCUT2D eigenvalue weighted by Gasteiger charge is 2.39. The molecular weight excluding hydrogens is 110 g/mol. The lowest BCUT2D eigenvalue weighted by molar-refractivity contribution is 0.402. The van der Waals surface area contributed by atoms with E-state index in [1.165, 1.54) is 25.7 Å². The van der Waals surface area contributed by atoms with E-state index >= 15 is 0 Å². The minimum absolute atomic E-state index is 0.434. The van der Waals surface area contributed by atoms with E-state index in [-0.39, 0.29) is 0 Å². The molecule has 0 N–H and O–H groups in total. The normalized spacial score (nSPS) is 47.2. The summed E-state index contributed by atoms with van der Waals surface area (Å²) in [7, 11) is 0. The molecule has 3 unspecified atom stereocenters. The molecule has 2 rings (SSSR count). The molecule has 0 saturated heterocycles. The molecule has 0 spiro atoms. The van der Waals surface area contributed by atoms with Gasteiger partial charge in [-0.2, -0.15) is 5.26 Å². The van der Waals surface area contributed by atoms with Crippen LogP contribution in [0.1, 0.15) is 25.7 Å². The van der Waals surface area contributed by atoms with Crippen molar-refractivity contribution in [2.45, 2.75) is 25.7 Å². The number of fused-ring (bicyclic) bond motifs is 2. The lowest BCUT2D eigenvalue weighted by Gasteiger charge is -2.12. The second-order valence-electron chi connectivity index (χ2n) is 3.41. The topological polar surface area (TPSA) is 23.8 Å². The summed E-state index contributed by atoms with van der Waals surface area (Å²) in [5.41, 5.74) is 0. The van der Waals surface area contributed by atoms with Crippen molar-refractivity contribution in [3.8, 4) is 6.07 Å². The Balaban J connectivity index is 2.12. The van der Waals surface area contributed by atoms with Gasteiger partial charge in [0.05, 0.1) is 6.07 Å². The van der Waals surface area contributed by atoms with E-state index in [2.05, 4.69) is 6.07 Å². The lowest BCUT2D eigenvalue weighted by atomic mass is 9.90. The maximum Gasteiger partial charge on any atom is 0.0658 e. The Morgan fingerprint density at radius 1 is 1.22 bits per heavy atom. The van der Waals surface area contributed by atoms with E-state index < -0.39 is 0 Å². The molecule has 2 aliphatic rings. The highest BCUT2D eigenvalue weighted by Crippen LogP contribution is 2.47. The largest absolute Gasteiger partial charge is 0.198 e. The molecule has 1 heteroatoms.